The summed E-state index contributed by atoms with van der Waals surface area (Å²) in [5, 5.41) is 4.19. The molecule has 2 unspecified atom stereocenters. The molecule has 1 heterocycles. The minimum atomic E-state index is -0.101. The van der Waals surface area contributed by atoms with Gasteiger partial charge in [0.25, 0.3) is 0 Å². The third-order valence-electron chi connectivity index (χ3n) is 5.14. The topological polar surface area (TPSA) is 89.4 Å². The average Bonchev–Trinajstić information content (AvgIpc) is 3.16. The zero-order valence-corrected chi connectivity index (χ0v) is 18.4. The van der Waals surface area contributed by atoms with Crippen molar-refractivity contribution in [2.75, 3.05) is 20.8 Å². The van der Waals surface area contributed by atoms with E-state index in [1.54, 1.807) is 14.2 Å². The van der Waals surface area contributed by atoms with Crippen LogP contribution in [0.15, 0.2) is 48.7 Å². The molecule has 4 N–H and O–H groups in total. The van der Waals surface area contributed by atoms with E-state index in [-0.39, 0.29) is 30.3 Å². The molecule has 3 aromatic rings. The standard InChI is InChI=1S/C23H29N3O3.ClH/c1-15(24)11-12-22(27)26-14-19(17-8-6-10-21(28-2)23(17)29-3)18-13-25-20-9-5-4-7-16(18)20;/h4-10,13,15,19,25H,11-12,14,24H2,1-3H3,(H,26,27);1H. The van der Waals surface area contributed by atoms with Crippen LogP contribution in [0.2, 0.25) is 0 Å². The summed E-state index contributed by atoms with van der Waals surface area (Å²) >= 11 is 0. The number of benzene rings is 2. The smallest absolute Gasteiger partial charge is 0.220 e. The van der Waals surface area contributed by atoms with E-state index in [0.717, 1.165) is 22.0 Å². The molecule has 0 spiro atoms. The van der Waals surface area contributed by atoms with Gasteiger partial charge in [0.05, 0.1) is 14.2 Å². The molecule has 0 fully saturated rings. The van der Waals surface area contributed by atoms with Crippen LogP contribution in [0.25, 0.3) is 10.9 Å². The zero-order chi connectivity index (χ0) is 20.8. The van der Waals surface area contributed by atoms with Gasteiger partial charge in [-0.1, -0.05) is 30.3 Å². The van der Waals surface area contributed by atoms with E-state index in [1.165, 1.54) is 0 Å². The lowest BCUT2D eigenvalue weighted by Crippen LogP contribution is -2.30. The molecule has 0 aliphatic carbocycles. The Hall–Kier alpha value is -2.70. The molecule has 0 aliphatic heterocycles. The first-order valence-corrected chi connectivity index (χ1v) is 9.84. The molecule has 30 heavy (non-hydrogen) atoms. The fraction of sp³-hybridized carbons (Fsp3) is 0.348. The molecule has 0 bridgehead atoms. The van der Waals surface area contributed by atoms with Crippen LogP contribution >= 0.6 is 12.4 Å². The van der Waals surface area contributed by atoms with Crippen molar-refractivity contribution in [2.24, 2.45) is 5.73 Å². The molecule has 1 aromatic heterocycles. The second-order valence-corrected chi connectivity index (χ2v) is 7.24. The number of amides is 1. The van der Waals surface area contributed by atoms with Gasteiger partial charge in [-0.05, 0) is 31.0 Å². The second kappa shape index (κ2) is 10.9. The Kier molecular flexibility index (Phi) is 8.57. The van der Waals surface area contributed by atoms with Crippen molar-refractivity contribution in [2.45, 2.75) is 31.7 Å². The van der Waals surface area contributed by atoms with Crippen molar-refractivity contribution < 1.29 is 14.3 Å². The number of nitrogens with one attached hydrogen (secondary N) is 2. The molecule has 6 nitrogen and oxygen atoms in total. The van der Waals surface area contributed by atoms with Crippen LogP contribution in [-0.4, -0.2) is 37.7 Å². The number of halogens is 1. The van der Waals surface area contributed by atoms with E-state index < -0.39 is 0 Å². The fourth-order valence-corrected chi connectivity index (χ4v) is 3.62. The molecule has 0 saturated carbocycles. The van der Waals surface area contributed by atoms with Gasteiger partial charge in [0.1, 0.15) is 0 Å². The Morgan fingerprint density at radius 1 is 1.10 bits per heavy atom. The number of hydrogen-bond donors (Lipinski definition) is 3. The van der Waals surface area contributed by atoms with Gasteiger partial charge in [-0.15, -0.1) is 12.4 Å². The number of carbonyl (C=O) groups excluding carboxylic acids is 1. The summed E-state index contributed by atoms with van der Waals surface area (Å²) in [6.45, 7) is 2.35. The van der Waals surface area contributed by atoms with Crippen molar-refractivity contribution in [3.05, 3.63) is 59.8 Å². The molecule has 0 saturated heterocycles. The van der Waals surface area contributed by atoms with E-state index in [0.29, 0.717) is 30.9 Å². The highest BCUT2D eigenvalue weighted by Crippen LogP contribution is 2.40. The summed E-state index contributed by atoms with van der Waals surface area (Å²) in [5.74, 6) is 1.23. The predicted octanol–water partition coefficient (Wildman–Crippen LogP) is 3.98. The van der Waals surface area contributed by atoms with Crippen LogP contribution in [0.5, 0.6) is 11.5 Å². The Balaban J connectivity index is 0.00000320. The molecule has 162 valence electrons. The van der Waals surface area contributed by atoms with Crippen LogP contribution in [0, 0.1) is 0 Å². The maximum absolute atomic E-state index is 12.4. The molecule has 0 radical (unpaired) electrons. The average molecular weight is 432 g/mol. The van der Waals surface area contributed by atoms with Crippen molar-refractivity contribution >= 4 is 29.2 Å². The number of carbonyl (C=O) groups is 1. The lowest BCUT2D eigenvalue weighted by Gasteiger charge is -2.22. The van der Waals surface area contributed by atoms with E-state index in [9.17, 15) is 4.79 Å². The first kappa shape index (κ1) is 23.6. The molecule has 2 atom stereocenters. The number of methoxy groups -OCH3 is 2. The molecule has 2 aromatic carbocycles. The Bertz CT molecular complexity index is 971. The molecule has 7 heteroatoms. The number of para-hydroxylation sites is 2. The number of ether oxygens (including phenoxy) is 2. The number of hydrogen-bond acceptors (Lipinski definition) is 4. The van der Waals surface area contributed by atoms with Gasteiger partial charge in [0.2, 0.25) is 5.91 Å². The van der Waals surface area contributed by atoms with Crippen molar-refractivity contribution in [1.29, 1.82) is 0 Å². The van der Waals surface area contributed by atoms with E-state index in [1.807, 2.05) is 49.5 Å². The fourth-order valence-electron chi connectivity index (χ4n) is 3.62. The molecule has 0 aliphatic rings. The first-order chi connectivity index (χ1) is 14.0. The lowest BCUT2D eigenvalue weighted by atomic mass is 9.89. The van der Waals surface area contributed by atoms with E-state index >= 15 is 0 Å². The summed E-state index contributed by atoms with van der Waals surface area (Å²) in [4.78, 5) is 15.7. The number of nitrogens with two attached hydrogens (primary N) is 1. The van der Waals surface area contributed by atoms with Gasteiger partial charge in [0, 0.05) is 47.6 Å². The van der Waals surface area contributed by atoms with E-state index in [4.69, 9.17) is 15.2 Å². The minimum Gasteiger partial charge on any atom is -0.493 e. The van der Waals surface area contributed by atoms with Gasteiger partial charge in [0.15, 0.2) is 11.5 Å². The van der Waals surface area contributed by atoms with Crippen LogP contribution in [0.3, 0.4) is 0 Å². The maximum Gasteiger partial charge on any atom is 0.220 e. The maximum atomic E-state index is 12.4. The highest BCUT2D eigenvalue weighted by Gasteiger charge is 2.24. The van der Waals surface area contributed by atoms with Crippen LogP contribution in [0.4, 0.5) is 0 Å². The van der Waals surface area contributed by atoms with Gasteiger partial charge >= 0.3 is 0 Å². The van der Waals surface area contributed by atoms with Crippen molar-refractivity contribution in [3.63, 3.8) is 0 Å². The van der Waals surface area contributed by atoms with E-state index in [2.05, 4.69) is 16.4 Å². The summed E-state index contributed by atoms with van der Waals surface area (Å²) in [6, 6.07) is 14.0. The largest absolute Gasteiger partial charge is 0.493 e. The number of fused-ring (bicyclic) bond motifs is 1. The van der Waals surface area contributed by atoms with Gasteiger partial charge in [-0.3, -0.25) is 4.79 Å². The summed E-state index contributed by atoms with van der Waals surface area (Å²) < 4.78 is 11.2. The Morgan fingerprint density at radius 2 is 1.87 bits per heavy atom. The number of aromatic amines is 1. The van der Waals surface area contributed by atoms with Gasteiger partial charge in [-0.2, -0.15) is 0 Å². The van der Waals surface area contributed by atoms with Crippen LogP contribution in [-0.2, 0) is 4.79 Å². The molecular formula is C23H30ClN3O3. The normalized spacial score (nSPS) is 12.7. The van der Waals surface area contributed by atoms with Crippen LogP contribution < -0.4 is 20.5 Å². The minimum absolute atomic E-state index is 0. The first-order valence-electron chi connectivity index (χ1n) is 9.84. The summed E-state index contributed by atoms with van der Waals surface area (Å²) in [7, 11) is 3.26. The highest BCUT2D eigenvalue weighted by molar-refractivity contribution is 5.85. The zero-order valence-electron chi connectivity index (χ0n) is 17.6. The van der Waals surface area contributed by atoms with Crippen molar-refractivity contribution in [1.82, 2.24) is 10.3 Å². The van der Waals surface area contributed by atoms with Gasteiger partial charge < -0.3 is 25.5 Å². The predicted molar refractivity (Wildman–Crippen MR) is 123 cm³/mol. The van der Waals surface area contributed by atoms with Crippen LogP contribution in [0.1, 0.15) is 36.8 Å². The molecule has 3 rings (SSSR count). The third kappa shape index (κ3) is 5.26. The molecular weight excluding hydrogens is 402 g/mol. The quantitative estimate of drug-likeness (QED) is 0.478. The second-order valence-electron chi connectivity index (χ2n) is 7.24. The van der Waals surface area contributed by atoms with Gasteiger partial charge in [-0.25, -0.2) is 0 Å². The summed E-state index contributed by atoms with van der Waals surface area (Å²) in [5.41, 5.74) is 8.89. The Morgan fingerprint density at radius 3 is 2.57 bits per heavy atom. The monoisotopic (exact) mass is 431 g/mol. The molecule has 1 amide bonds. The lowest BCUT2D eigenvalue weighted by molar-refractivity contribution is -0.121. The third-order valence-corrected chi connectivity index (χ3v) is 5.14. The number of H-pyrrole nitrogens is 1. The SMILES string of the molecule is COc1cccc(C(CNC(=O)CCC(C)N)c2c[nH]c3ccccc23)c1OC.Cl. The number of rotatable bonds is 9. The van der Waals surface area contributed by atoms with Crippen molar-refractivity contribution in [3.8, 4) is 11.5 Å². The number of aromatic nitrogens is 1. The Labute approximate surface area is 183 Å². The highest BCUT2D eigenvalue weighted by atomic mass is 35.5. The summed E-state index contributed by atoms with van der Waals surface area (Å²) in [6.07, 6.45) is 3.07.